The Hall–Kier alpha value is -1.55. The van der Waals surface area contributed by atoms with Crippen LogP contribution in [0.25, 0.3) is 5.65 Å². The molecule has 28 heavy (non-hydrogen) atoms. The van der Waals surface area contributed by atoms with Crippen LogP contribution in [0.15, 0.2) is 46.3 Å². The highest BCUT2D eigenvalue weighted by atomic mass is 127. The largest absolute Gasteiger partial charge is 0.357 e. The third-order valence-corrected chi connectivity index (χ3v) is 4.96. The molecule has 0 saturated heterocycles. The zero-order valence-corrected chi connectivity index (χ0v) is 20.7. The number of hydrogen-bond acceptors (Lipinski definition) is 2. The summed E-state index contributed by atoms with van der Waals surface area (Å²) in [5.74, 6) is 0.912. The predicted octanol–water partition coefficient (Wildman–Crippen LogP) is 4.00. The van der Waals surface area contributed by atoms with E-state index in [9.17, 15) is 0 Å². The lowest BCUT2D eigenvalue weighted by molar-refractivity contribution is 0.462. The van der Waals surface area contributed by atoms with E-state index in [1.165, 1.54) is 11.3 Å². The Kier molecular flexibility index (Phi) is 8.36. The average molecular weight is 559 g/mol. The highest BCUT2D eigenvalue weighted by Crippen LogP contribution is 2.15. The van der Waals surface area contributed by atoms with Crippen molar-refractivity contribution in [3.8, 4) is 0 Å². The van der Waals surface area contributed by atoms with Crippen LogP contribution in [0.3, 0.4) is 0 Å². The van der Waals surface area contributed by atoms with Crippen molar-refractivity contribution in [3.05, 3.63) is 58.2 Å². The molecule has 3 aromatic rings. The quantitative estimate of drug-likeness (QED) is 0.283. The van der Waals surface area contributed by atoms with Crippen molar-refractivity contribution in [2.45, 2.75) is 26.8 Å². The molecule has 0 radical (unpaired) electrons. The summed E-state index contributed by atoms with van der Waals surface area (Å²) in [7, 11) is 4.13. The van der Waals surface area contributed by atoms with Crippen LogP contribution in [0.2, 0.25) is 0 Å². The number of imidazole rings is 1. The van der Waals surface area contributed by atoms with Gasteiger partial charge in [0.25, 0.3) is 0 Å². The van der Waals surface area contributed by atoms with E-state index in [4.69, 9.17) is 9.98 Å². The number of nitrogens with zero attached hydrogens (tertiary/aromatic N) is 5. The molecule has 0 aliphatic rings. The Balaban J connectivity index is 0.00000280. The molecule has 0 spiro atoms. The molecule has 0 bridgehead atoms. The Labute approximate surface area is 192 Å². The number of halogens is 2. The van der Waals surface area contributed by atoms with Gasteiger partial charge in [-0.3, -0.25) is 4.99 Å². The molecule has 0 aliphatic carbocycles. The molecule has 3 aromatic heterocycles. The van der Waals surface area contributed by atoms with Crippen LogP contribution in [0, 0.1) is 6.92 Å². The van der Waals surface area contributed by atoms with Gasteiger partial charge in [-0.15, -0.1) is 24.0 Å². The van der Waals surface area contributed by atoms with Crippen LogP contribution in [0.5, 0.6) is 0 Å². The molecule has 0 aromatic carbocycles. The molecule has 152 valence electrons. The summed E-state index contributed by atoms with van der Waals surface area (Å²) in [4.78, 5) is 11.7. The van der Waals surface area contributed by atoms with Gasteiger partial charge in [0.15, 0.2) is 5.96 Å². The highest BCUT2D eigenvalue weighted by molar-refractivity contribution is 14.0. The van der Waals surface area contributed by atoms with Crippen LogP contribution in [-0.2, 0) is 20.0 Å². The lowest BCUT2D eigenvalue weighted by Gasteiger charge is -2.22. The van der Waals surface area contributed by atoms with Gasteiger partial charge in [0.05, 0.1) is 12.2 Å². The van der Waals surface area contributed by atoms with E-state index >= 15 is 0 Å². The molecule has 3 rings (SSSR count). The number of aromatic nitrogens is 3. The second-order valence-electron chi connectivity index (χ2n) is 6.76. The van der Waals surface area contributed by atoms with Crippen LogP contribution in [0.1, 0.15) is 23.9 Å². The first kappa shape index (κ1) is 22.7. The fourth-order valence-electron chi connectivity index (χ4n) is 3.11. The lowest BCUT2D eigenvalue weighted by atomic mass is 10.3. The molecule has 1 N–H and O–H groups in total. The summed E-state index contributed by atoms with van der Waals surface area (Å²) in [5, 5.41) is 3.38. The number of aliphatic imine (C=N–C) groups is 1. The third kappa shape index (κ3) is 5.50. The standard InChI is InChI=1S/C20H27BrN6.HI/c1-5-22-20(26(4)14-18-11-16(21)12-25(18)3)23-9-8-17-13-27-10-6-7-15(2)19(27)24-17;/h6-7,10-13H,5,8-9,14H2,1-4H3,(H,22,23);1H. The lowest BCUT2D eigenvalue weighted by Crippen LogP contribution is -2.39. The van der Waals surface area contributed by atoms with Gasteiger partial charge in [-0.2, -0.15) is 0 Å². The number of hydrogen-bond donors (Lipinski definition) is 1. The average Bonchev–Trinajstić information content (AvgIpc) is 3.17. The molecule has 3 heterocycles. The van der Waals surface area contributed by atoms with Crippen molar-refractivity contribution in [1.29, 1.82) is 0 Å². The van der Waals surface area contributed by atoms with Gasteiger partial charge in [-0.1, -0.05) is 6.07 Å². The minimum atomic E-state index is 0. The Bertz CT molecular complexity index is 945. The van der Waals surface area contributed by atoms with E-state index in [1.54, 1.807) is 0 Å². The third-order valence-electron chi connectivity index (χ3n) is 4.53. The normalized spacial score (nSPS) is 11.5. The van der Waals surface area contributed by atoms with Gasteiger partial charge in [-0.25, -0.2) is 4.98 Å². The summed E-state index contributed by atoms with van der Waals surface area (Å²) in [6.45, 7) is 6.51. The first-order valence-corrected chi connectivity index (χ1v) is 10.0. The van der Waals surface area contributed by atoms with Gasteiger partial charge in [0, 0.05) is 62.4 Å². The maximum absolute atomic E-state index is 4.80. The number of nitrogens with one attached hydrogen (secondary N) is 1. The van der Waals surface area contributed by atoms with E-state index in [-0.39, 0.29) is 24.0 Å². The number of pyridine rings is 1. The van der Waals surface area contributed by atoms with Crippen LogP contribution in [0.4, 0.5) is 0 Å². The van der Waals surface area contributed by atoms with Crippen LogP contribution in [-0.4, -0.2) is 44.9 Å². The zero-order chi connectivity index (χ0) is 19.4. The van der Waals surface area contributed by atoms with E-state index < -0.39 is 0 Å². The van der Waals surface area contributed by atoms with Crippen molar-refractivity contribution in [3.63, 3.8) is 0 Å². The summed E-state index contributed by atoms with van der Waals surface area (Å²) < 4.78 is 5.31. The van der Waals surface area contributed by atoms with Crippen molar-refractivity contribution >= 4 is 51.5 Å². The fraction of sp³-hybridized carbons (Fsp3) is 0.400. The smallest absolute Gasteiger partial charge is 0.194 e. The molecule has 0 unspecified atom stereocenters. The topological polar surface area (TPSA) is 49.9 Å². The first-order chi connectivity index (χ1) is 13.0. The summed E-state index contributed by atoms with van der Waals surface area (Å²) in [5.41, 5.74) is 4.51. The predicted molar refractivity (Wildman–Crippen MR) is 130 cm³/mol. The van der Waals surface area contributed by atoms with Crippen molar-refractivity contribution < 1.29 is 0 Å². The number of rotatable bonds is 6. The van der Waals surface area contributed by atoms with Crippen LogP contribution < -0.4 is 5.32 Å². The van der Waals surface area contributed by atoms with Crippen molar-refractivity contribution in [2.75, 3.05) is 20.1 Å². The van der Waals surface area contributed by atoms with Gasteiger partial charge < -0.3 is 19.2 Å². The first-order valence-electron chi connectivity index (χ1n) is 9.21. The second-order valence-corrected chi connectivity index (χ2v) is 7.67. The molecule has 0 saturated carbocycles. The minimum absolute atomic E-state index is 0. The Morgan fingerprint density at radius 1 is 1.36 bits per heavy atom. The van der Waals surface area contributed by atoms with E-state index in [0.717, 1.165) is 41.3 Å². The van der Waals surface area contributed by atoms with E-state index in [0.29, 0.717) is 6.54 Å². The van der Waals surface area contributed by atoms with E-state index in [1.807, 2.05) is 12.3 Å². The zero-order valence-electron chi connectivity index (χ0n) is 16.8. The van der Waals surface area contributed by atoms with Gasteiger partial charge in [0.2, 0.25) is 0 Å². The maximum Gasteiger partial charge on any atom is 0.194 e. The monoisotopic (exact) mass is 558 g/mol. The molecule has 0 amide bonds. The van der Waals surface area contributed by atoms with Gasteiger partial charge in [0.1, 0.15) is 5.65 Å². The molecule has 0 fully saturated rings. The summed E-state index contributed by atoms with van der Waals surface area (Å²) >= 11 is 3.53. The molecular weight excluding hydrogens is 531 g/mol. The van der Waals surface area contributed by atoms with Crippen molar-refractivity contribution in [1.82, 2.24) is 24.2 Å². The molecule has 0 atom stereocenters. The SMILES string of the molecule is CCNC(=NCCc1cn2cccc(C)c2n1)N(C)Cc1cc(Br)cn1C.I. The fourth-order valence-corrected chi connectivity index (χ4v) is 3.68. The number of guanidine groups is 1. The molecule has 0 aliphatic heterocycles. The Morgan fingerprint density at radius 3 is 2.79 bits per heavy atom. The molecule has 6 nitrogen and oxygen atoms in total. The highest BCUT2D eigenvalue weighted by Gasteiger charge is 2.10. The molecular formula is C20H28BrIN6. The number of fused-ring (bicyclic) bond motifs is 1. The minimum Gasteiger partial charge on any atom is -0.357 e. The maximum atomic E-state index is 4.80. The van der Waals surface area contributed by atoms with Crippen molar-refractivity contribution in [2.24, 2.45) is 12.0 Å². The Morgan fingerprint density at radius 2 is 2.14 bits per heavy atom. The van der Waals surface area contributed by atoms with Crippen LogP contribution >= 0.6 is 39.9 Å². The molecule has 8 heteroatoms. The van der Waals surface area contributed by atoms with Gasteiger partial charge in [-0.05, 0) is 47.5 Å². The summed E-state index contributed by atoms with van der Waals surface area (Å²) in [6, 6.07) is 6.27. The van der Waals surface area contributed by atoms with Gasteiger partial charge >= 0.3 is 0 Å². The number of aryl methyl sites for hydroxylation is 2. The second kappa shape index (κ2) is 10.3. The summed E-state index contributed by atoms with van der Waals surface area (Å²) in [6.07, 6.45) is 7.02. The van der Waals surface area contributed by atoms with E-state index in [2.05, 4.69) is 87.6 Å².